The molecule has 2 aromatic heterocycles. The van der Waals surface area contributed by atoms with Gasteiger partial charge >= 0.3 is 0 Å². The maximum Gasteiger partial charge on any atom is 0.162 e. The summed E-state index contributed by atoms with van der Waals surface area (Å²) in [7, 11) is 0. The number of hydrogen-bond acceptors (Lipinski definition) is 5. The van der Waals surface area contributed by atoms with Gasteiger partial charge in [-0.05, 0) is 37.6 Å². The van der Waals surface area contributed by atoms with Crippen molar-refractivity contribution in [2.75, 3.05) is 18.4 Å². The number of likely N-dealkylation sites (tertiary alicyclic amines) is 1. The molecule has 0 spiro atoms. The van der Waals surface area contributed by atoms with E-state index < -0.39 is 0 Å². The Morgan fingerprint density at radius 1 is 1.25 bits per heavy atom. The van der Waals surface area contributed by atoms with Gasteiger partial charge in [0.2, 0.25) is 0 Å². The summed E-state index contributed by atoms with van der Waals surface area (Å²) >= 11 is 1.66. The summed E-state index contributed by atoms with van der Waals surface area (Å²) in [6, 6.07) is 14.9. The number of nitrogens with one attached hydrogen (secondary N) is 1. The van der Waals surface area contributed by atoms with Crippen molar-refractivity contribution >= 4 is 17.0 Å². The van der Waals surface area contributed by atoms with Crippen LogP contribution in [0.5, 0.6) is 0 Å². The molecule has 1 aromatic carbocycles. The maximum absolute atomic E-state index is 5.66. The highest BCUT2D eigenvalue weighted by atomic mass is 32.1. The predicted molar refractivity (Wildman–Crippen MR) is 98.3 cm³/mol. The number of thiazole rings is 1. The van der Waals surface area contributed by atoms with Gasteiger partial charge in [0.05, 0.1) is 5.69 Å². The lowest BCUT2D eigenvalue weighted by Crippen LogP contribution is -2.26. The van der Waals surface area contributed by atoms with Crippen LogP contribution in [0.4, 0.5) is 5.69 Å². The minimum Gasteiger partial charge on any atom is -0.459 e. The van der Waals surface area contributed by atoms with Crippen LogP contribution in [0, 0.1) is 6.92 Å². The van der Waals surface area contributed by atoms with Gasteiger partial charge in [-0.3, -0.25) is 4.90 Å². The molecule has 1 atom stereocenters. The quantitative estimate of drug-likeness (QED) is 0.748. The second-order valence-electron chi connectivity index (χ2n) is 6.29. The Hall–Kier alpha value is -2.11. The molecular weight excluding hydrogens is 318 g/mol. The molecule has 3 aromatic rings. The van der Waals surface area contributed by atoms with Crippen molar-refractivity contribution in [2.45, 2.75) is 25.9 Å². The zero-order chi connectivity index (χ0) is 16.4. The summed E-state index contributed by atoms with van der Waals surface area (Å²) in [4.78, 5) is 7.19. The van der Waals surface area contributed by atoms with Crippen molar-refractivity contribution in [3.8, 4) is 10.8 Å². The molecule has 4 rings (SSSR count). The minimum absolute atomic E-state index is 0.512. The van der Waals surface area contributed by atoms with Gasteiger partial charge in [0.15, 0.2) is 10.8 Å². The lowest BCUT2D eigenvalue weighted by molar-refractivity contribution is 0.325. The van der Waals surface area contributed by atoms with Crippen molar-refractivity contribution in [2.24, 2.45) is 0 Å². The molecule has 0 amide bonds. The average Bonchev–Trinajstić information content (AvgIpc) is 3.31. The third kappa shape index (κ3) is 3.52. The van der Waals surface area contributed by atoms with E-state index in [9.17, 15) is 0 Å². The van der Waals surface area contributed by atoms with E-state index in [1.807, 2.05) is 25.1 Å². The minimum atomic E-state index is 0.512. The van der Waals surface area contributed by atoms with Crippen LogP contribution < -0.4 is 5.32 Å². The summed E-state index contributed by atoms with van der Waals surface area (Å²) in [6.45, 7) is 5.03. The predicted octanol–water partition coefficient (Wildman–Crippen LogP) is 4.40. The van der Waals surface area contributed by atoms with Gasteiger partial charge in [-0.15, -0.1) is 11.3 Å². The Bertz CT molecular complexity index is 796. The van der Waals surface area contributed by atoms with Gasteiger partial charge < -0.3 is 9.73 Å². The average molecular weight is 339 g/mol. The number of furan rings is 1. The molecule has 1 aliphatic heterocycles. The Kier molecular flexibility index (Phi) is 4.36. The molecule has 1 aliphatic rings. The molecule has 24 heavy (non-hydrogen) atoms. The molecule has 0 saturated carbocycles. The largest absolute Gasteiger partial charge is 0.459 e. The zero-order valence-corrected chi connectivity index (χ0v) is 14.6. The van der Waals surface area contributed by atoms with Crippen LogP contribution in [0.3, 0.4) is 0 Å². The van der Waals surface area contributed by atoms with Crippen molar-refractivity contribution in [3.63, 3.8) is 0 Å². The Balaban J connectivity index is 1.34. The monoisotopic (exact) mass is 339 g/mol. The first-order valence-corrected chi connectivity index (χ1v) is 9.19. The van der Waals surface area contributed by atoms with Gasteiger partial charge in [-0.25, -0.2) is 4.98 Å². The maximum atomic E-state index is 5.66. The number of aromatic nitrogens is 1. The van der Waals surface area contributed by atoms with Crippen molar-refractivity contribution in [1.82, 2.24) is 9.88 Å². The first kappa shape index (κ1) is 15.4. The Morgan fingerprint density at radius 3 is 2.92 bits per heavy atom. The van der Waals surface area contributed by atoms with Gasteiger partial charge in [-0.1, -0.05) is 18.2 Å². The fourth-order valence-electron chi connectivity index (χ4n) is 3.14. The number of nitrogens with zero attached hydrogens (tertiary/aromatic N) is 2. The van der Waals surface area contributed by atoms with E-state index in [0.29, 0.717) is 6.04 Å². The van der Waals surface area contributed by atoms with Gasteiger partial charge in [0.25, 0.3) is 0 Å². The normalized spacial score (nSPS) is 18.1. The highest BCUT2D eigenvalue weighted by molar-refractivity contribution is 7.13. The summed E-state index contributed by atoms with van der Waals surface area (Å²) in [6.07, 6.45) is 1.17. The Labute approximate surface area is 146 Å². The molecular formula is C19H21N3OS. The molecule has 1 N–H and O–H groups in total. The van der Waals surface area contributed by atoms with Crippen LogP contribution >= 0.6 is 11.3 Å². The zero-order valence-electron chi connectivity index (χ0n) is 13.7. The van der Waals surface area contributed by atoms with Crippen molar-refractivity contribution in [1.29, 1.82) is 0 Å². The standard InChI is InChI=1S/C19H21N3OS/c1-14-7-8-18(23-14)19-21-17(13-24-19)12-22-10-9-16(11-22)20-15-5-3-2-4-6-15/h2-8,13,16,20H,9-12H2,1H3. The van der Waals surface area contributed by atoms with E-state index in [1.165, 1.54) is 12.1 Å². The molecule has 1 saturated heterocycles. The molecule has 124 valence electrons. The fourth-order valence-corrected chi connectivity index (χ4v) is 3.91. The van der Waals surface area contributed by atoms with Gasteiger partial charge in [-0.2, -0.15) is 0 Å². The number of anilines is 1. The highest BCUT2D eigenvalue weighted by Crippen LogP contribution is 2.26. The molecule has 1 fully saturated rings. The number of hydrogen-bond donors (Lipinski definition) is 1. The SMILES string of the molecule is Cc1ccc(-c2nc(CN3CCC(Nc4ccccc4)C3)cs2)o1. The van der Waals surface area contributed by atoms with E-state index in [4.69, 9.17) is 9.40 Å². The molecule has 0 aliphatic carbocycles. The van der Waals surface area contributed by atoms with Gasteiger partial charge in [0, 0.05) is 36.7 Å². The van der Waals surface area contributed by atoms with E-state index >= 15 is 0 Å². The van der Waals surface area contributed by atoms with E-state index in [1.54, 1.807) is 11.3 Å². The van der Waals surface area contributed by atoms with Crippen LogP contribution in [0.25, 0.3) is 10.8 Å². The number of benzene rings is 1. The molecule has 4 nitrogen and oxygen atoms in total. The van der Waals surface area contributed by atoms with Crippen LogP contribution in [-0.4, -0.2) is 29.0 Å². The molecule has 5 heteroatoms. The van der Waals surface area contributed by atoms with Crippen molar-refractivity contribution in [3.05, 3.63) is 59.3 Å². The third-order valence-corrected chi connectivity index (χ3v) is 5.21. The molecule has 3 heterocycles. The highest BCUT2D eigenvalue weighted by Gasteiger charge is 2.23. The summed E-state index contributed by atoms with van der Waals surface area (Å²) < 4.78 is 5.66. The van der Waals surface area contributed by atoms with E-state index in [-0.39, 0.29) is 0 Å². The molecule has 1 unspecified atom stereocenters. The van der Waals surface area contributed by atoms with E-state index in [0.717, 1.165) is 41.9 Å². The van der Waals surface area contributed by atoms with Gasteiger partial charge in [0.1, 0.15) is 5.76 Å². The third-order valence-electron chi connectivity index (χ3n) is 4.31. The van der Waals surface area contributed by atoms with Crippen LogP contribution in [-0.2, 0) is 6.54 Å². The lowest BCUT2D eigenvalue weighted by atomic mass is 10.2. The fraction of sp³-hybridized carbons (Fsp3) is 0.316. The summed E-state index contributed by atoms with van der Waals surface area (Å²) in [5.74, 6) is 1.80. The van der Waals surface area contributed by atoms with E-state index in [2.05, 4.69) is 39.9 Å². The first-order valence-electron chi connectivity index (χ1n) is 8.31. The number of rotatable bonds is 5. The second kappa shape index (κ2) is 6.79. The molecule has 0 bridgehead atoms. The summed E-state index contributed by atoms with van der Waals surface area (Å²) in [5.41, 5.74) is 2.33. The topological polar surface area (TPSA) is 41.3 Å². The van der Waals surface area contributed by atoms with Crippen LogP contribution in [0.15, 0.2) is 52.3 Å². The molecule has 0 radical (unpaired) electrons. The smallest absolute Gasteiger partial charge is 0.162 e. The summed E-state index contributed by atoms with van der Waals surface area (Å²) in [5, 5.41) is 6.73. The number of para-hydroxylation sites is 1. The van der Waals surface area contributed by atoms with Crippen molar-refractivity contribution < 1.29 is 4.42 Å². The number of aryl methyl sites for hydroxylation is 1. The van der Waals surface area contributed by atoms with Crippen LogP contribution in [0.2, 0.25) is 0 Å². The lowest BCUT2D eigenvalue weighted by Gasteiger charge is -2.16. The first-order chi connectivity index (χ1) is 11.8. The van der Waals surface area contributed by atoms with Crippen LogP contribution in [0.1, 0.15) is 17.9 Å². The second-order valence-corrected chi connectivity index (χ2v) is 7.14. The Morgan fingerprint density at radius 2 is 2.12 bits per heavy atom.